The molecule has 0 aliphatic rings. The molecule has 2 rings (SSSR count). The van der Waals surface area contributed by atoms with Crippen molar-refractivity contribution in [2.45, 2.75) is 26.8 Å². The summed E-state index contributed by atoms with van der Waals surface area (Å²) in [6, 6.07) is 15.0. The van der Waals surface area contributed by atoms with Gasteiger partial charge in [-0.25, -0.2) is 0 Å². The molecule has 0 aliphatic heterocycles. The van der Waals surface area contributed by atoms with Gasteiger partial charge in [0.25, 0.3) is 21.9 Å². The number of hydrogen-bond donors (Lipinski definition) is 4. The van der Waals surface area contributed by atoms with Gasteiger partial charge in [0.1, 0.15) is 11.4 Å². The van der Waals surface area contributed by atoms with Gasteiger partial charge in [0.15, 0.2) is 0 Å². The molecule has 0 unspecified atom stereocenters. The zero-order chi connectivity index (χ0) is 22.7. The number of rotatable bonds is 6. The predicted molar refractivity (Wildman–Crippen MR) is 115 cm³/mol. The summed E-state index contributed by atoms with van der Waals surface area (Å²) in [7, 11) is -3.66. The number of carbonyl (C=O) groups excluding carboxylic acids is 2. The molecule has 0 heterocycles. The van der Waals surface area contributed by atoms with Gasteiger partial charge in [-0.2, -0.15) is 8.42 Å². The normalized spacial score (nSPS) is 11.3. The zero-order valence-electron chi connectivity index (χ0n) is 17.0. The monoisotopic (exact) mass is 434 g/mol. The number of nitrogens with one attached hydrogen (secondary N) is 2. The topological polar surface area (TPSA) is 133 Å². The molecule has 0 radical (unpaired) electrons. The van der Waals surface area contributed by atoms with Crippen molar-refractivity contribution in [2.75, 3.05) is 5.75 Å². The second-order valence-corrected chi connectivity index (χ2v) is 8.21. The third-order valence-electron chi connectivity index (χ3n) is 3.52. The lowest BCUT2D eigenvalue weighted by Gasteiger charge is -2.13. The van der Waals surface area contributed by atoms with Crippen molar-refractivity contribution < 1.29 is 27.7 Å². The lowest BCUT2D eigenvalue weighted by atomic mass is 10.1. The molecule has 2 amide bonds. The Morgan fingerprint density at radius 1 is 1.03 bits per heavy atom. The molecule has 8 nitrogen and oxygen atoms in total. The maximum absolute atomic E-state index is 12.3. The first-order chi connectivity index (χ1) is 14.0. The van der Waals surface area contributed by atoms with Crippen LogP contribution in [0.25, 0.3) is 6.08 Å². The minimum absolute atomic E-state index is 0.0608. The van der Waals surface area contributed by atoms with Gasteiger partial charge in [0.2, 0.25) is 0 Å². The Hall–Kier alpha value is -3.17. The highest BCUT2D eigenvalue weighted by atomic mass is 32.2. The van der Waals surface area contributed by atoms with Crippen LogP contribution in [0, 0.1) is 0 Å². The molecule has 0 bridgehead atoms. The van der Waals surface area contributed by atoms with Crippen LogP contribution in [0.2, 0.25) is 0 Å². The van der Waals surface area contributed by atoms with E-state index >= 15 is 0 Å². The average Bonchev–Trinajstić information content (AvgIpc) is 2.69. The first-order valence-electron chi connectivity index (χ1n) is 9.15. The largest absolute Gasteiger partial charge is 0.508 e. The molecule has 0 aromatic heterocycles. The predicted octanol–water partition coefficient (Wildman–Crippen LogP) is 2.58. The number of aromatic hydroxyl groups is 1. The van der Waals surface area contributed by atoms with E-state index in [-0.39, 0.29) is 35.1 Å². The van der Waals surface area contributed by atoms with Gasteiger partial charge in [-0.05, 0) is 56.7 Å². The summed E-state index contributed by atoms with van der Waals surface area (Å²) >= 11 is 0. The fourth-order valence-electron chi connectivity index (χ4n) is 2.02. The van der Waals surface area contributed by atoms with E-state index < -0.39 is 10.1 Å². The molecule has 30 heavy (non-hydrogen) atoms. The summed E-state index contributed by atoms with van der Waals surface area (Å²) in [6.07, 6.45) is 1.57. The van der Waals surface area contributed by atoms with Crippen molar-refractivity contribution in [3.8, 4) is 5.75 Å². The number of hydrogen-bond acceptors (Lipinski definition) is 5. The molecule has 4 N–H and O–H groups in total. The smallest absolute Gasteiger partial charge is 0.268 e. The molecule has 0 atom stereocenters. The summed E-state index contributed by atoms with van der Waals surface area (Å²) in [5.41, 5.74) is 1.30. The number of amides is 2. The number of benzene rings is 2. The van der Waals surface area contributed by atoms with Crippen LogP contribution in [0.3, 0.4) is 0 Å². The first kappa shape index (κ1) is 24.9. The van der Waals surface area contributed by atoms with E-state index in [1.54, 1.807) is 42.5 Å². The third-order valence-corrected chi connectivity index (χ3v) is 4.25. The standard InChI is InChI=1S/C19H20N2O3.C2H6O3S/c1-13(2)20-19(24)17(12-14-8-10-16(22)11-9-14)21-18(23)15-6-4-3-5-7-15;1-2-6(3,4)5/h3-13,22H,1-2H3,(H,20,24)(H,21,23);2H2,1H3,(H,3,4,5)/b17-12-;. The molecule has 0 spiro atoms. The van der Waals surface area contributed by atoms with Gasteiger partial charge >= 0.3 is 0 Å². The fourth-order valence-corrected chi connectivity index (χ4v) is 2.02. The third kappa shape index (κ3) is 9.85. The van der Waals surface area contributed by atoms with E-state index in [2.05, 4.69) is 10.6 Å². The summed E-state index contributed by atoms with van der Waals surface area (Å²) in [6.45, 7) is 5.06. The van der Waals surface area contributed by atoms with Crippen LogP contribution in [0.4, 0.5) is 0 Å². The number of carbonyl (C=O) groups is 2. The Bertz CT molecular complexity index is 968. The lowest BCUT2D eigenvalue weighted by Crippen LogP contribution is -2.38. The zero-order valence-corrected chi connectivity index (χ0v) is 17.8. The van der Waals surface area contributed by atoms with Gasteiger partial charge in [-0.1, -0.05) is 30.3 Å². The Morgan fingerprint density at radius 3 is 2.03 bits per heavy atom. The van der Waals surface area contributed by atoms with Crippen molar-refractivity contribution in [1.82, 2.24) is 10.6 Å². The van der Waals surface area contributed by atoms with Crippen molar-refractivity contribution in [2.24, 2.45) is 0 Å². The molecule has 2 aromatic carbocycles. The van der Waals surface area contributed by atoms with Gasteiger partial charge < -0.3 is 15.7 Å². The minimum atomic E-state index is -3.66. The average molecular weight is 435 g/mol. The first-order valence-corrected chi connectivity index (χ1v) is 10.8. The Morgan fingerprint density at radius 2 is 1.57 bits per heavy atom. The molecular formula is C21H26N2O6S. The molecule has 9 heteroatoms. The van der Waals surface area contributed by atoms with Crippen molar-refractivity contribution in [1.29, 1.82) is 0 Å². The van der Waals surface area contributed by atoms with Crippen LogP contribution in [0.1, 0.15) is 36.7 Å². The van der Waals surface area contributed by atoms with Crippen LogP contribution in [0.5, 0.6) is 5.75 Å². The van der Waals surface area contributed by atoms with Gasteiger partial charge in [-0.3, -0.25) is 14.1 Å². The molecule has 0 saturated carbocycles. The molecule has 0 aliphatic carbocycles. The van der Waals surface area contributed by atoms with Crippen LogP contribution in [0.15, 0.2) is 60.3 Å². The maximum Gasteiger partial charge on any atom is 0.268 e. The highest BCUT2D eigenvalue weighted by Crippen LogP contribution is 2.13. The van der Waals surface area contributed by atoms with Gasteiger partial charge in [0, 0.05) is 11.6 Å². The van der Waals surface area contributed by atoms with E-state index in [1.807, 2.05) is 19.9 Å². The lowest BCUT2D eigenvalue weighted by molar-refractivity contribution is -0.118. The van der Waals surface area contributed by atoms with E-state index in [1.165, 1.54) is 19.1 Å². The molecule has 0 fully saturated rings. The van der Waals surface area contributed by atoms with Crippen LogP contribution >= 0.6 is 0 Å². The van der Waals surface area contributed by atoms with Crippen molar-refractivity contribution >= 4 is 28.0 Å². The van der Waals surface area contributed by atoms with Crippen LogP contribution in [-0.2, 0) is 14.9 Å². The summed E-state index contributed by atoms with van der Waals surface area (Å²) in [4.78, 5) is 24.7. The second-order valence-electron chi connectivity index (χ2n) is 6.47. The second kappa shape index (κ2) is 11.7. The molecular weight excluding hydrogens is 408 g/mol. The fraction of sp³-hybridized carbons (Fsp3) is 0.238. The van der Waals surface area contributed by atoms with E-state index in [9.17, 15) is 23.1 Å². The van der Waals surface area contributed by atoms with Gasteiger partial charge in [0.05, 0.1) is 5.75 Å². The van der Waals surface area contributed by atoms with E-state index in [0.717, 1.165) is 0 Å². The van der Waals surface area contributed by atoms with Crippen molar-refractivity contribution in [3.63, 3.8) is 0 Å². The highest BCUT2D eigenvalue weighted by molar-refractivity contribution is 7.85. The Labute approximate surface area is 176 Å². The van der Waals surface area contributed by atoms with Crippen LogP contribution < -0.4 is 10.6 Å². The quantitative estimate of drug-likeness (QED) is 0.408. The summed E-state index contributed by atoms with van der Waals surface area (Å²) in [5.74, 6) is -0.803. The number of phenols is 1. The molecule has 2 aromatic rings. The summed E-state index contributed by atoms with van der Waals surface area (Å²) in [5, 5.41) is 14.8. The SMILES string of the molecule is CC(C)NC(=O)/C(=C/c1ccc(O)cc1)NC(=O)c1ccccc1.CCS(=O)(=O)O. The van der Waals surface area contributed by atoms with Gasteiger partial charge in [-0.15, -0.1) is 0 Å². The number of phenolic OH excluding ortho intramolecular Hbond substituents is 1. The summed E-state index contributed by atoms with van der Waals surface area (Å²) < 4.78 is 26.9. The molecule has 0 saturated heterocycles. The minimum Gasteiger partial charge on any atom is -0.508 e. The highest BCUT2D eigenvalue weighted by Gasteiger charge is 2.15. The molecule has 162 valence electrons. The maximum atomic E-state index is 12.3. The van der Waals surface area contributed by atoms with Crippen molar-refractivity contribution in [3.05, 3.63) is 71.4 Å². The van der Waals surface area contributed by atoms with E-state index in [0.29, 0.717) is 11.1 Å². The van der Waals surface area contributed by atoms with Crippen LogP contribution in [-0.4, -0.2) is 41.7 Å². The Balaban J connectivity index is 0.000000656. The Kier molecular flexibility index (Phi) is 9.73. The van der Waals surface area contributed by atoms with E-state index in [4.69, 9.17) is 4.55 Å².